The molecule has 6 N–H and O–H groups in total. The van der Waals surface area contributed by atoms with E-state index in [4.69, 9.17) is 0 Å². The van der Waals surface area contributed by atoms with E-state index in [0.717, 1.165) is 45.8 Å². The fraction of sp³-hybridized carbons (Fsp3) is 0.455. The van der Waals surface area contributed by atoms with Crippen molar-refractivity contribution in [2.75, 3.05) is 0 Å². The van der Waals surface area contributed by atoms with Crippen LogP contribution in [0.3, 0.4) is 0 Å². The van der Waals surface area contributed by atoms with E-state index in [9.17, 15) is 29.4 Å². The molecule has 1 saturated heterocycles. The zero-order valence-corrected chi connectivity index (χ0v) is 25.4. The number of carbonyl (C=O) groups is 4. The maximum atomic E-state index is 13.3. The average molecular weight is 589 g/mol. The summed E-state index contributed by atoms with van der Waals surface area (Å²) >= 11 is 0. The fourth-order valence-corrected chi connectivity index (χ4v) is 7.33. The average Bonchev–Trinajstić information content (AvgIpc) is 3.68. The molecule has 2 aromatic rings. The summed E-state index contributed by atoms with van der Waals surface area (Å²) in [5.41, 5.74) is 10.5. The number of fused-ring (bicyclic) bond motifs is 1. The number of ketones is 1. The summed E-state index contributed by atoms with van der Waals surface area (Å²) in [5.74, 6) is -2.66. The minimum atomic E-state index is -0.964. The number of aromatic nitrogens is 2. The topological polar surface area (TPSA) is 164 Å². The number of carboxylic acids is 2. The van der Waals surface area contributed by atoms with Crippen molar-refractivity contribution < 1.29 is 29.4 Å². The van der Waals surface area contributed by atoms with Gasteiger partial charge in [-0.25, -0.2) is 0 Å². The summed E-state index contributed by atoms with van der Waals surface area (Å²) in [4.78, 5) is 56.0. The Labute approximate surface area is 250 Å². The lowest BCUT2D eigenvalue weighted by molar-refractivity contribution is -0.138. The molecule has 4 atom stereocenters. The van der Waals surface area contributed by atoms with Crippen LogP contribution < -0.4 is 10.6 Å². The SMILES string of the molecule is C=CC1=C(C)C(=O)NC1Cc1[nH]c(Cc2[nH]c3c(c2C)C(=O)CC3=C2NC(CC(=O)O)C(C)C2CC(=O)O)c(CC)c1C. The number of aromatic amines is 2. The monoisotopic (exact) mass is 588 g/mol. The van der Waals surface area contributed by atoms with Crippen molar-refractivity contribution in [3.63, 3.8) is 0 Å². The quantitative estimate of drug-likeness (QED) is 0.243. The second-order valence-electron chi connectivity index (χ2n) is 12.1. The third-order valence-electron chi connectivity index (χ3n) is 9.73. The Bertz CT molecular complexity index is 1620. The number of rotatable bonds is 10. The van der Waals surface area contributed by atoms with E-state index in [1.807, 2.05) is 20.8 Å². The predicted octanol–water partition coefficient (Wildman–Crippen LogP) is 4.13. The Hall–Kier alpha value is -4.34. The van der Waals surface area contributed by atoms with Gasteiger partial charge in [-0.1, -0.05) is 26.5 Å². The highest BCUT2D eigenvalue weighted by molar-refractivity contribution is 6.13. The molecule has 1 aliphatic carbocycles. The maximum absolute atomic E-state index is 13.3. The second-order valence-corrected chi connectivity index (χ2v) is 12.1. The van der Waals surface area contributed by atoms with Crippen molar-refractivity contribution in [1.82, 2.24) is 20.6 Å². The van der Waals surface area contributed by atoms with Crippen molar-refractivity contribution >= 4 is 29.2 Å². The van der Waals surface area contributed by atoms with Crippen LogP contribution in [0.4, 0.5) is 0 Å². The van der Waals surface area contributed by atoms with Crippen LogP contribution in [0.2, 0.25) is 0 Å². The molecule has 2 aliphatic heterocycles. The van der Waals surface area contributed by atoms with Crippen molar-refractivity contribution in [3.8, 4) is 0 Å². The van der Waals surface area contributed by atoms with Crippen molar-refractivity contribution in [1.29, 1.82) is 0 Å². The molecule has 1 fully saturated rings. The summed E-state index contributed by atoms with van der Waals surface area (Å²) in [6.45, 7) is 13.7. The molecule has 2 aromatic heterocycles. The van der Waals surface area contributed by atoms with Crippen LogP contribution in [0.5, 0.6) is 0 Å². The first-order chi connectivity index (χ1) is 20.4. The molecular formula is C33H40N4O6. The summed E-state index contributed by atoms with van der Waals surface area (Å²) in [6.07, 6.45) is 3.59. The number of hydrogen-bond donors (Lipinski definition) is 6. The molecule has 0 spiro atoms. The van der Waals surface area contributed by atoms with Gasteiger partial charge in [-0.3, -0.25) is 19.2 Å². The zero-order chi connectivity index (χ0) is 31.3. The Kier molecular flexibility index (Phi) is 7.98. The van der Waals surface area contributed by atoms with Gasteiger partial charge in [0.15, 0.2) is 5.78 Å². The molecule has 43 heavy (non-hydrogen) atoms. The summed E-state index contributed by atoms with van der Waals surface area (Å²) < 4.78 is 0. The smallest absolute Gasteiger partial charge is 0.305 e. The lowest BCUT2D eigenvalue weighted by Crippen LogP contribution is -2.30. The van der Waals surface area contributed by atoms with E-state index in [-0.39, 0.29) is 42.9 Å². The first kappa shape index (κ1) is 30.1. The number of hydrogen-bond acceptors (Lipinski definition) is 5. The van der Waals surface area contributed by atoms with Gasteiger partial charge in [0, 0.05) is 70.7 Å². The largest absolute Gasteiger partial charge is 0.481 e. The zero-order valence-electron chi connectivity index (χ0n) is 25.4. The van der Waals surface area contributed by atoms with Crippen LogP contribution in [0.15, 0.2) is 29.5 Å². The van der Waals surface area contributed by atoms with Gasteiger partial charge in [-0.15, -0.1) is 0 Å². The maximum Gasteiger partial charge on any atom is 0.305 e. The van der Waals surface area contributed by atoms with Crippen molar-refractivity contribution in [3.05, 3.63) is 74.5 Å². The molecule has 0 bridgehead atoms. The predicted molar refractivity (Wildman–Crippen MR) is 162 cm³/mol. The van der Waals surface area contributed by atoms with Gasteiger partial charge < -0.3 is 30.8 Å². The molecule has 5 rings (SSSR count). The normalized spacial score (nSPS) is 24.9. The number of H-pyrrole nitrogens is 2. The number of carboxylic acid groups (broad SMARTS) is 2. The number of aliphatic carboxylic acids is 2. The Morgan fingerprint density at radius 3 is 2.30 bits per heavy atom. The number of nitrogens with one attached hydrogen (secondary N) is 4. The minimum Gasteiger partial charge on any atom is -0.481 e. The molecule has 3 aliphatic rings. The minimum absolute atomic E-state index is 0.0298. The van der Waals surface area contributed by atoms with Crippen LogP contribution in [0, 0.1) is 25.7 Å². The first-order valence-corrected chi connectivity index (χ1v) is 14.9. The third kappa shape index (κ3) is 5.23. The first-order valence-electron chi connectivity index (χ1n) is 14.9. The molecule has 0 saturated carbocycles. The van der Waals surface area contributed by atoms with Gasteiger partial charge in [0.25, 0.3) is 0 Å². The molecular weight excluding hydrogens is 548 g/mol. The number of allylic oxidation sites excluding steroid dienone is 2. The lowest BCUT2D eigenvalue weighted by Gasteiger charge is -2.16. The molecule has 0 radical (unpaired) electrons. The van der Waals surface area contributed by atoms with Crippen LogP contribution in [-0.2, 0) is 33.6 Å². The molecule has 10 heteroatoms. The van der Waals surface area contributed by atoms with Gasteiger partial charge in [0.1, 0.15) is 0 Å². The Balaban J connectivity index is 1.49. The van der Waals surface area contributed by atoms with Crippen LogP contribution >= 0.6 is 0 Å². The second kappa shape index (κ2) is 11.4. The highest BCUT2D eigenvalue weighted by Gasteiger charge is 2.43. The van der Waals surface area contributed by atoms with Crippen LogP contribution in [0.1, 0.15) is 89.9 Å². The van der Waals surface area contributed by atoms with E-state index >= 15 is 0 Å². The summed E-state index contributed by atoms with van der Waals surface area (Å²) in [6, 6.07) is -0.566. The van der Waals surface area contributed by atoms with Gasteiger partial charge in [0.2, 0.25) is 5.91 Å². The van der Waals surface area contributed by atoms with E-state index < -0.39 is 23.9 Å². The van der Waals surface area contributed by atoms with Crippen molar-refractivity contribution in [2.24, 2.45) is 11.8 Å². The van der Waals surface area contributed by atoms with E-state index in [0.29, 0.717) is 35.4 Å². The molecule has 4 heterocycles. The summed E-state index contributed by atoms with van der Waals surface area (Å²) in [7, 11) is 0. The highest BCUT2D eigenvalue weighted by Crippen LogP contribution is 2.44. The number of carbonyl (C=O) groups excluding carboxylic acids is 2. The number of amides is 1. The third-order valence-corrected chi connectivity index (χ3v) is 9.73. The van der Waals surface area contributed by atoms with E-state index in [1.54, 1.807) is 6.08 Å². The molecule has 0 aromatic carbocycles. The lowest BCUT2D eigenvalue weighted by atomic mass is 9.85. The number of Topliss-reactive ketones (excluding diaryl/α,β-unsaturated/α-hetero) is 1. The van der Waals surface area contributed by atoms with Gasteiger partial charge >= 0.3 is 11.9 Å². The molecule has 10 nitrogen and oxygen atoms in total. The molecule has 228 valence electrons. The Morgan fingerprint density at radius 2 is 1.67 bits per heavy atom. The van der Waals surface area contributed by atoms with E-state index in [2.05, 4.69) is 41.0 Å². The van der Waals surface area contributed by atoms with Gasteiger partial charge in [0.05, 0.1) is 24.6 Å². The Morgan fingerprint density at radius 1 is 0.977 bits per heavy atom. The summed E-state index contributed by atoms with van der Waals surface area (Å²) in [5, 5.41) is 25.4. The van der Waals surface area contributed by atoms with Gasteiger partial charge in [-0.2, -0.15) is 0 Å². The van der Waals surface area contributed by atoms with Gasteiger partial charge in [-0.05, 0) is 55.4 Å². The highest BCUT2D eigenvalue weighted by atomic mass is 16.4. The fourth-order valence-electron chi connectivity index (χ4n) is 7.33. The molecule has 1 amide bonds. The van der Waals surface area contributed by atoms with E-state index in [1.165, 1.54) is 5.56 Å². The van der Waals surface area contributed by atoms with Crippen molar-refractivity contribution in [2.45, 2.75) is 85.2 Å². The van der Waals surface area contributed by atoms with Crippen LogP contribution in [0.25, 0.3) is 5.57 Å². The van der Waals surface area contributed by atoms with Crippen LogP contribution in [-0.4, -0.2) is 55.9 Å². The molecule has 4 unspecified atom stereocenters. The standard InChI is InChI=1S/C33H40N4O6/c1-7-18-14(3)22(11-26-19(8-2)16(5)33(43)37-26)34-25(18)12-23-17(6)30-27(38)9-21(32(30)36-23)31-20(10-28(39)40)15(4)24(35-31)13-29(41)42/h8,15,20,24,26,34-36H,2,7,9-13H2,1,3-6H3,(H,37,43)(H,39,40)(H,41,42).